The lowest BCUT2D eigenvalue weighted by Gasteiger charge is -2.46. The third kappa shape index (κ3) is 4.14. The van der Waals surface area contributed by atoms with Crippen molar-refractivity contribution in [3.05, 3.63) is 51.7 Å². The first-order chi connectivity index (χ1) is 14.8. The second kappa shape index (κ2) is 7.92. The number of rotatable bonds is 5. The second-order valence-corrected chi connectivity index (χ2v) is 10.2. The Bertz CT molecular complexity index is 949. The Hall–Kier alpha value is -1.87. The number of piperidine rings is 1. The number of amides is 1. The van der Waals surface area contributed by atoms with Gasteiger partial charge in [-0.15, -0.1) is 11.3 Å². The van der Waals surface area contributed by atoms with Crippen molar-refractivity contribution < 1.29 is 19.0 Å². The van der Waals surface area contributed by atoms with Crippen LogP contribution in [0.3, 0.4) is 0 Å². The van der Waals surface area contributed by atoms with Crippen LogP contribution in [0, 0.1) is 11.7 Å². The molecular formula is C23H28FN3O3S. The lowest BCUT2D eigenvalue weighted by molar-refractivity contribution is -0.157. The van der Waals surface area contributed by atoms with Gasteiger partial charge < -0.3 is 19.6 Å². The highest BCUT2D eigenvalue weighted by molar-refractivity contribution is 7.07. The number of halogens is 1. The fourth-order valence-corrected chi connectivity index (χ4v) is 5.80. The summed E-state index contributed by atoms with van der Waals surface area (Å²) in [6.07, 6.45) is 2.19. The summed E-state index contributed by atoms with van der Waals surface area (Å²) in [6, 6.07) is 4.96. The van der Waals surface area contributed by atoms with Crippen LogP contribution in [0.25, 0.3) is 0 Å². The molecule has 1 amide bonds. The Kier molecular flexibility index (Phi) is 5.37. The molecule has 4 heterocycles. The van der Waals surface area contributed by atoms with Crippen LogP contribution in [0.4, 0.5) is 4.39 Å². The predicted molar refractivity (Wildman–Crippen MR) is 115 cm³/mol. The molecular weight excluding hydrogens is 417 g/mol. The topological polar surface area (TPSA) is 65.9 Å². The third-order valence-corrected chi connectivity index (χ3v) is 7.51. The molecule has 1 aromatic carbocycles. The maximum Gasteiger partial charge on any atom is 0.227 e. The van der Waals surface area contributed by atoms with Gasteiger partial charge in [0.2, 0.25) is 5.91 Å². The SMILES string of the molecule is CC1(O)CN(C(=O)C(Cc2cscn2)CN2CCC3(CC2)OCc2ccc(F)cc23)C1. The van der Waals surface area contributed by atoms with Gasteiger partial charge in [-0.05, 0) is 43.0 Å². The molecule has 0 bridgehead atoms. The fourth-order valence-electron chi connectivity index (χ4n) is 5.23. The molecule has 1 spiro atoms. The first-order valence-electron chi connectivity index (χ1n) is 10.9. The Balaban J connectivity index is 1.26. The first-order valence-corrected chi connectivity index (χ1v) is 11.8. The number of aliphatic hydroxyl groups is 1. The van der Waals surface area contributed by atoms with Crippen molar-refractivity contribution in [2.24, 2.45) is 5.92 Å². The number of hydrogen-bond donors (Lipinski definition) is 1. The number of β-amino-alcohol motifs (C(OH)–C–C–N with tert-alkyl or cyclic N) is 1. The van der Waals surface area contributed by atoms with E-state index in [4.69, 9.17) is 4.74 Å². The molecule has 1 atom stereocenters. The molecule has 8 heteroatoms. The van der Waals surface area contributed by atoms with Gasteiger partial charge in [0, 0.05) is 31.4 Å². The molecule has 5 rings (SSSR count). The number of carbonyl (C=O) groups is 1. The molecule has 1 N–H and O–H groups in total. The molecule has 31 heavy (non-hydrogen) atoms. The first kappa shape index (κ1) is 21.0. The van der Waals surface area contributed by atoms with Gasteiger partial charge in [0.1, 0.15) is 5.82 Å². The van der Waals surface area contributed by atoms with Gasteiger partial charge in [-0.3, -0.25) is 4.79 Å². The van der Waals surface area contributed by atoms with Gasteiger partial charge >= 0.3 is 0 Å². The zero-order chi connectivity index (χ0) is 21.6. The van der Waals surface area contributed by atoms with Crippen molar-refractivity contribution in [1.29, 1.82) is 0 Å². The van der Waals surface area contributed by atoms with Crippen molar-refractivity contribution >= 4 is 17.2 Å². The predicted octanol–water partition coefficient (Wildman–Crippen LogP) is 2.56. The molecule has 2 fully saturated rings. The van der Waals surface area contributed by atoms with Crippen LogP contribution in [-0.4, -0.2) is 64.1 Å². The zero-order valence-electron chi connectivity index (χ0n) is 17.7. The van der Waals surface area contributed by atoms with Crippen LogP contribution >= 0.6 is 11.3 Å². The number of fused-ring (bicyclic) bond motifs is 2. The lowest BCUT2D eigenvalue weighted by Crippen LogP contribution is -2.63. The van der Waals surface area contributed by atoms with E-state index in [-0.39, 0.29) is 17.6 Å². The van der Waals surface area contributed by atoms with E-state index in [2.05, 4.69) is 9.88 Å². The third-order valence-electron chi connectivity index (χ3n) is 6.87. The molecule has 3 aliphatic rings. The van der Waals surface area contributed by atoms with E-state index >= 15 is 0 Å². The summed E-state index contributed by atoms with van der Waals surface area (Å²) in [7, 11) is 0. The van der Waals surface area contributed by atoms with E-state index in [0.717, 1.165) is 42.8 Å². The molecule has 1 aromatic heterocycles. The summed E-state index contributed by atoms with van der Waals surface area (Å²) in [5.41, 5.74) is 3.62. The molecule has 166 valence electrons. The molecule has 1 unspecified atom stereocenters. The van der Waals surface area contributed by atoms with Crippen molar-refractivity contribution in [2.45, 2.75) is 44.0 Å². The standard InChI is InChI=1S/C23H28FN3O3S/c1-22(29)13-27(14-22)21(28)17(8-19-12-31-15-25-19)10-26-6-4-23(5-7-26)20-9-18(24)3-2-16(20)11-30-23/h2-3,9,12,15,17,29H,4-8,10-11,13-14H2,1H3. The van der Waals surface area contributed by atoms with Gasteiger partial charge in [-0.1, -0.05) is 6.07 Å². The highest BCUT2D eigenvalue weighted by atomic mass is 32.1. The van der Waals surface area contributed by atoms with E-state index in [1.807, 2.05) is 11.4 Å². The summed E-state index contributed by atoms with van der Waals surface area (Å²) < 4.78 is 20.0. The molecule has 2 saturated heterocycles. The summed E-state index contributed by atoms with van der Waals surface area (Å²) in [6.45, 7) is 5.33. The number of likely N-dealkylation sites (tertiary alicyclic amines) is 2. The van der Waals surface area contributed by atoms with Crippen LogP contribution in [0.15, 0.2) is 29.1 Å². The lowest BCUT2D eigenvalue weighted by atomic mass is 9.83. The number of aromatic nitrogens is 1. The molecule has 0 aliphatic carbocycles. The molecule has 3 aliphatic heterocycles. The number of benzene rings is 1. The largest absolute Gasteiger partial charge is 0.386 e. The van der Waals surface area contributed by atoms with Gasteiger partial charge in [0.05, 0.1) is 48.0 Å². The maximum absolute atomic E-state index is 13.9. The summed E-state index contributed by atoms with van der Waals surface area (Å²) in [5, 5.41) is 12.0. The summed E-state index contributed by atoms with van der Waals surface area (Å²) in [4.78, 5) is 21.6. The van der Waals surface area contributed by atoms with E-state index < -0.39 is 11.2 Å². The molecule has 6 nitrogen and oxygen atoms in total. The Morgan fingerprint density at radius 1 is 1.35 bits per heavy atom. The quantitative estimate of drug-likeness (QED) is 0.766. The monoisotopic (exact) mass is 445 g/mol. The van der Waals surface area contributed by atoms with Crippen molar-refractivity contribution in [3.8, 4) is 0 Å². The Labute approximate surface area is 185 Å². The molecule has 0 saturated carbocycles. The minimum Gasteiger partial charge on any atom is -0.386 e. The van der Waals surface area contributed by atoms with Gasteiger partial charge in [0.15, 0.2) is 0 Å². The average Bonchev–Trinajstić information content (AvgIpc) is 3.35. The minimum absolute atomic E-state index is 0.0874. The zero-order valence-corrected chi connectivity index (χ0v) is 18.5. The van der Waals surface area contributed by atoms with Crippen LogP contribution in [0.2, 0.25) is 0 Å². The van der Waals surface area contributed by atoms with Crippen LogP contribution < -0.4 is 0 Å². The van der Waals surface area contributed by atoms with Crippen molar-refractivity contribution in [3.63, 3.8) is 0 Å². The Morgan fingerprint density at radius 2 is 2.13 bits per heavy atom. The average molecular weight is 446 g/mol. The van der Waals surface area contributed by atoms with Crippen LogP contribution in [0.1, 0.15) is 36.6 Å². The van der Waals surface area contributed by atoms with Gasteiger partial charge in [-0.2, -0.15) is 0 Å². The van der Waals surface area contributed by atoms with E-state index in [1.54, 1.807) is 23.4 Å². The highest BCUT2D eigenvalue weighted by Crippen LogP contribution is 2.44. The maximum atomic E-state index is 13.9. The van der Waals surface area contributed by atoms with Crippen molar-refractivity contribution in [2.75, 3.05) is 32.7 Å². The van der Waals surface area contributed by atoms with Gasteiger partial charge in [0.25, 0.3) is 0 Å². The fraction of sp³-hybridized carbons (Fsp3) is 0.565. The van der Waals surface area contributed by atoms with E-state index in [0.29, 0.717) is 32.7 Å². The number of nitrogens with zero attached hydrogens (tertiary/aromatic N) is 3. The summed E-state index contributed by atoms with van der Waals surface area (Å²) in [5.74, 6) is -0.323. The van der Waals surface area contributed by atoms with Gasteiger partial charge in [-0.25, -0.2) is 9.37 Å². The second-order valence-electron chi connectivity index (χ2n) is 9.46. The number of thiazole rings is 1. The van der Waals surface area contributed by atoms with Crippen LogP contribution in [-0.2, 0) is 28.2 Å². The highest BCUT2D eigenvalue weighted by Gasteiger charge is 2.45. The van der Waals surface area contributed by atoms with E-state index in [9.17, 15) is 14.3 Å². The molecule has 0 radical (unpaired) electrons. The minimum atomic E-state index is -0.777. The normalized spacial score (nSPS) is 22.9. The smallest absolute Gasteiger partial charge is 0.227 e. The van der Waals surface area contributed by atoms with Crippen molar-refractivity contribution in [1.82, 2.24) is 14.8 Å². The van der Waals surface area contributed by atoms with E-state index in [1.165, 1.54) is 17.4 Å². The molecule has 2 aromatic rings. The summed E-state index contributed by atoms with van der Waals surface area (Å²) >= 11 is 1.54. The number of carbonyl (C=O) groups excluding carboxylic acids is 1. The number of hydrogen-bond acceptors (Lipinski definition) is 6. The van der Waals surface area contributed by atoms with Crippen LogP contribution in [0.5, 0.6) is 0 Å². The Morgan fingerprint density at radius 3 is 2.81 bits per heavy atom. The number of ether oxygens (including phenoxy) is 1.